The first-order valence-corrected chi connectivity index (χ1v) is 4.87. The smallest absolute Gasteiger partial charge is 0.305 e. The number of hydrogen-bond donors (Lipinski definition) is 2. The minimum absolute atomic E-state index is 0.109. The zero-order chi connectivity index (χ0) is 10.2. The van der Waals surface area contributed by atoms with Gasteiger partial charge in [0.1, 0.15) is 0 Å². The van der Waals surface area contributed by atoms with Crippen LogP contribution in [0.15, 0.2) is 0 Å². The SMILES string of the molecule is CC(C)C1CC(N)(CC(=O)O)C1C. The van der Waals surface area contributed by atoms with E-state index in [2.05, 4.69) is 20.8 Å². The Labute approximate surface area is 79.3 Å². The normalized spacial score (nSPS) is 38.8. The van der Waals surface area contributed by atoms with E-state index >= 15 is 0 Å². The topological polar surface area (TPSA) is 63.3 Å². The van der Waals surface area contributed by atoms with Gasteiger partial charge in [0, 0.05) is 5.54 Å². The lowest BCUT2D eigenvalue weighted by Gasteiger charge is -2.53. The van der Waals surface area contributed by atoms with Crippen LogP contribution in [-0.2, 0) is 4.79 Å². The number of carboxylic acids is 1. The van der Waals surface area contributed by atoms with Crippen molar-refractivity contribution in [3.8, 4) is 0 Å². The molecule has 0 heterocycles. The third-order valence-corrected chi connectivity index (χ3v) is 3.50. The second-order valence-corrected chi connectivity index (χ2v) is 4.70. The van der Waals surface area contributed by atoms with Crippen LogP contribution >= 0.6 is 0 Å². The number of nitrogens with two attached hydrogens (primary N) is 1. The third-order valence-electron chi connectivity index (χ3n) is 3.50. The number of aliphatic carboxylic acids is 1. The van der Waals surface area contributed by atoms with Gasteiger partial charge in [0.05, 0.1) is 6.42 Å². The molecule has 0 aliphatic heterocycles. The van der Waals surface area contributed by atoms with Gasteiger partial charge in [-0.2, -0.15) is 0 Å². The average molecular weight is 185 g/mol. The number of hydrogen-bond acceptors (Lipinski definition) is 2. The van der Waals surface area contributed by atoms with E-state index in [1.807, 2.05) is 0 Å². The fourth-order valence-electron chi connectivity index (χ4n) is 2.40. The van der Waals surface area contributed by atoms with Crippen LogP contribution in [0.25, 0.3) is 0 Å². The molecule has 3 unspecified atom stereocenters. The molecule has 1 aliphatic rings. The van der Waals surface area contributed by atoms with Gasteiger partial charge in [0.25, 0.3) is 0 Å². The van der Waals surface area contributed by atoms with Gasteiger partial charge in [-0.05, 0) is 24.2 Å². The molecule has 3 N–H and O–H groups in total. The molecule has 1 saturated carbocycles. The van der Waals surface area contributed by atoms with Crippen molar-refractivity contribution in [3.05, 3.63) is 0 Å². The summed E-state index contributed by atoms with van der Waals surface area (Å²) in [7, 11) is 0. The third kappa shape index (κ3) is 1.85. The predicted molar refractivity (Wildman–Crippen MR) is 51.3 cm³/mol. The number of rotatable bonds is 3. The molecule has 13 heavy (non-hydrogen) atoms. The van der Waals surface area contributed by atoms with Crippen molar-refractivity contribution in [2.24, 2.45) is 23.5 Å². The van der Waals surface area contributed by atoms with E-state index in [1.165, 1.54) is 0 Å². The first-order valence-electron chi connectivity index (χ1n) is 4.87. The fraction of sp³-hybridized carbons (Fsp3) is 0.900. The van der Waals surface area contributed by atoms with Crippen LogP contribution in [0.5, 0.6) is 0 Å². The van der Waals surface area contributed by atoms with Crippen molar-refractivity contribution in [1.29, 1.82) is 0 Å². The van der Waals surface area contributed by atoms with E-state index in [4.69, 9.17) is 10.8 Å². The largest absolute Gasteiger partial charge is 0.481 e. The Kier molecular flexibility index (Phi) is 2.66. The molecule has 0 radical (unpaired) electrons. The van der Waals surface area contributed by atoms with Gasteiger partial charge in [0.2, 0.25) is 0 Å². The van der Waals surface area contributed by atoms with Crippen LogP contribution in [0.3, 0.4) is 0 Å². The van der Waals surface area contributed by atoms with Gasteiger partial charge in [-0.1, -0.05) is 20.8 Å². The molecule has 0 bridgehead atoms. The average Bonchev–Trinajstić information content (AvgIpc) is 1.98. The van der Waals surface area contributed by atoms with Crippen molar-refractivity contribution >= 4 is 5.97 Å². The van der Waals surface area contributed by atoms with Crippen LogP contribution in [0.1, 0.15) is 33.6 Å². The summed E-state index contributed by atoms with van der Waals surface area (Å²) < 4.78 is 0. The summed E-state index contributed by atoms with van der Waals surface area (Å²) in [6.07, 6.45) is 0.968. The summed E-state index contributed by atoms with van der Waals surface area (Å²) in [5.74, 6) is 0.768. The van der Waals surface area contributed by atoms with Crippen LogP contribution in [0, 0.1) is 17.8 Å². The Morgan fingerprint density at radius 1 is 1.69 bits per heavy atom. The first kappa shape index (κ1) is 10.5. The van der Waals surface area contributed by atoms with E-state index < -0.39 is 11.5 Å². The molecule has 76 valence electrons. The second-order valence-electron chi connectivity index (χ2n) is 4.70. The maximum atomic E-state index is 10.5. The van der Waals surface area contributed by atoms with Crippen molar-refractivity contribution in [2.75, 3.05) is 0 Å². The molecule has 0 saturated heterocycles. The molecule has 0 aromatic heterocycles. The zero-order valence-electron chi connectivity index (χ0n) is 8.58. The van der Waals surface area contributed by atoms with Gasteiger partial charge >= 0.3 is 5.97 Å². The van der Waals surface area contributed by atoms with Gasteiger partial charge in [-0.15, -0.1) is 0 Å². The molecule has 0 spiro atoms. The van der Waals surface area contributed by atoms with Gasteiger partial charge in [-0.3, -0.25) is 4.79 Å². The Morgan fingerprint density at radius 2 is 2.23 bits per heavy atom. The Morgan fingerprint density at radius 3 is 2.54 bits per heavy atom. The van der Waals surface area contributed by atoms with E-state index in [1.54, 1.807) is 0 Å². The first-order chi connectivity index (χ1) is 5.87. The lowest BCUT2D eigenvalue weighted by molar-refractivity contribution is -0.141. The molecule has 0 amide bonds. The molecule has 3 atom stereocenters. The number of carbonyl (C=O) groups is 1. The van der Waals surface area contributed by atoms with Crippen LogP contribution in [0.2, 0.25) is 0 Å². The number of carboxylic acid groups (broad SMARTS) is 1. The molecular formula is C10H19NO2. The van der Waals surface area contributed by atoms with Crippen LogP contribution < -0.4 is 5.73 Å². The van der Waals surface area contributed by atoms with Crippen molar-refractivity contribution in [2.45, 2.75) is 39.2 Å². The minimum atomic E-state index is -0.781. The van der Waals surface area contributed by atoms with Gasteiger partial charge in [0.15, 0.2) is 0 Å². The summed E-state index contributed by atoms with van der Waals surface area (Å²) in [6, 6.07) is 0. The summed E-state index contributed by atoms with van der Waals surface area (Å²) in [5, 5.41) is 8.68. The summed E-state index contributed by atoms with van der Waals surface area (Å²) in [4.78, 5) is 10.5. The molecule has 3 heteroatoms. The maximum Gasteiger partial charge on any atom is 0.305 e. The van der Waals surface area contributed by atoms with E-state index in [-0.39, 0.29) is 6.42 Å². The Bertz CT molecular complexity index is 215. The van der Waals surface area contributed by atoms with Crippen molar-refractivity contribution < 1.29 is 9.90 Å². The highest BCUT2D eigenvalue weighted by molar-refractivity contribution is 5.68. The van der Waals surface area contributed by atoms with Gasteiger partial charge in [-0.25, -0.2) is 0 Å². The maximum absolute atomic E-state index is 10.5. The summed E-state index contributed by atoms with van der Waals surface area (Å²) in [6.45, 7) is 6.40. The zero-order valence-corrected chi connectivity index (χ0v) is 8.58. The molecule has 0 aromatic rings. The molecule has 0 aromatic carbocycles. The van der Waals surface area contributed by atoms with E-state index in [0.717, 1.165) is 6.42 Å². The lowest BCUT2D eigenvalue weighted by atomic mass is 9.56. The highest BCUT2D eigenvalue weighted by Crippen LogP contribution is 2.47. The van der Waals surface area contributed by atoms with Crippen molar-refractivity contribution in [3.63, 3.8) is 0 Å². The highest BCUT2D eigenvalue weighted by atomic mass is 16.4. The molecule has 1 aliphatic carbocycles. The Hall–Kier alpha value is -0.570. The molecule has 3 nitrogen and oxygen atoms in total. The van der Waals surface area contributed by atoms with Crippen molar-refractivity contribution in [1.82, 2.24) is 0 Å². The van der Waals surface area contributed by atoms with Crippen LogP contribution in [-0.4, -0.2) is 16.6 Å². The highest BCUT2D eigenvalue weighted by Gasteiger charge is 2.50. The molecule has 1 rings (SSSR count). The molecular weight excluding hydrogens is 166 g/mol. The monoisotopic (exact) mass is 185 g/mol. The fourth-order valence-corrected chi connectivity index (χ4v) is 2.40. The van der Waals surface area contributed by atoms with Crippen LogP contribution in [0.4, 0.5) is 0 Å². The summed E-state index contributed by atoms with van der Waals surface area (Å²) >= 11 is 0. The second kappa shape index (κ2) is 3.29. The van der Waals surface area contributed by atoms with Gasteiger partial charge < -0.3 is 10.8 Å². The minimum Gasteiger partial charge on any atom is -0.481 e. The Balaban J connectivity index is 2.54. The lowest BCUT2D eigenvalue weighted by Crippen LogP contribution is -2.61. The standard InChI is InChI=1S/C10H19NO2/c1-6(2)8-4-10(11,7(8)3)5-9(12)13/h6-8H,4-5,11H2,1-3H3,(H,12,13). The molecule has 1 fully saturated rings. The van der Waals surface area contributed by atoms with E-state index in [0.29, 0.717) is 17.8 Å². The van der Waals surface area contributed by atoms with E-state index in [9.17, 15) is 4.79 Å². The quantitative estimate of drug-likeness (QED) is 0.699. The predicted octanol–water partition coefficient (Wildman–Crippen LogP) is 1.47. The summed E-state index contributed by atoms with van der Waals surface area (Å²) in [5.41, 5.74) is 5.55.